The zero-order chi connectivity index (χ0) is 9.52. The Bertz CT molecular complexity index is 267. The van der Waals surface area contributed by atoms with Crippen LogP contribution in [0.15, 0.2) is 41.1 Å². The smallest absolute Gasteiger partial charge is 0.0589 e. The van der Waals surface area contributed by atoms with Crippen molar-refractivity contribution in [3.05, 3.63) is 36.1 Å². The van der Waals surface area contributed by atoms with Gasteiger partial charge in [0.15, 0.2) is 0 Å². The third-order valence-electron chi connectivity index (χ3n) is 1.88. The number of nitrogens with zero attached hydrogens (tertiary/aromatic N) is 1. The fraction of sp³-hybridized carbons (Fsp3) is 0.417. The second kappa shape index (κ2) is 5.52. The zero-order valence-corrected chi connectivity index (χ0v) is 8.46. The number of hydrogen-bond donors (Lipinski definition) is 0. The molecule has 0 bridgehead atoms. The first-order valence-corrected chi connectivity index (χ1v) is 4.91. The van der Waals surface area contributed by atoms with Crippen molar-refractivity contribution >= 4 is 5.71 Å². The monoisotopic (exact) mass is 175 g/mol. The molecule has 0 heterocycles. The third-order valence-corrected chi connectivity index (χ3v) is 1.88. The molecule has 70 valence electrons. The maximum Gasteiger partial charge on any atom is 0.0589 e. The van der Waals surface area contributed by atoms with E-state index in [1.54, 1.807) is 0 Å². The molecule has 0 aromatic carbocycles. The molecule has 0 saturated carbocycles. The van der Waals surface area contributed by atoms with Gasteiger partial charge >= 0.3 is 0 Å². The topological polar surface area (TPSA) is 12.4 Å². The number of aliphatic imine (C=N–C) groups is 1. The van der Waals surface area contributed by atoms with Crippen LogP contribution in [0, 0.1) is 0 Å². The molecule has 0 aromatic rings. The third kappa shape index (κ3) is 3.88. The average molecular weight is 175 g/mol. The van der Waals surface area contributed by atoms with Crippen LogP contribution in [0.4, 0.5) is 0 Å². The molecule has 0 atom stereocenters. The molecule has 0 saturated heterocycles. The lowest BCUT2D eigenvalue weighted by atomic mass is 10.1. The standard InChI is InChI=1S/C12H17N/c1-3-4-8-11(2)13-12-9-6-5-7-10-12/h4,6,8-10H,3,5,7H2,1-2H3/b8-4-,13-11?. The predicted molar refractivity (Wildman–Crippen MR) is 59.0 cm³/mol. The van der Waals surface area contributed by atoms with E-state index in [2.05, 4.69) is 42.3 Å². The summed E-state index contributed by atoms with van der Waals surface area (Å²) in [5, 5.41) is 0. The molecule has 1 heteroatoms. The van der Waals surface area contributed by atoms with E-state index < -0.39 is 0 Å². The van der Waals surface area contributed by atoms with Crippen molar-refractivity contribution in [2.75, 3.05) is 0 Å². The van der Waals surface area contributed by atoms with Gasteiger partial charge in [0.2, 0.25) is 0 Å². The summed E-state index contributed by atoms with van der Waals surface area (Å²) in [6.45, 7) is 4.17. The van der Waals surface area contributed by atoms with Crippen molar-refractivity contribution in [1.82, 2.24) is 0 Å². The molecule has 0 aromatic heterocycles. The molecule has 0 N–H and O–H groups in total. The molecule has 0 unspecified atom stereocenters. The maximum atomic E-state index is 4.48. The van der Waals surface area contributed by atoms with Gasteiger partial charge in [0.1, 0.15) is 0 Å². The summed E-state index contributed by atoms with van der Waals surface area (Å²) in [5.74, 6) is 0. The Morgan fingerprint density at radius 2 is 2.38 bits per heavy atom. The van der Waals surface area contributed by atoms with Gasteiger partial charge in [-0.25, -0.2) is 0 Å². The Morgan fingerprint density at radius 3 is 3.00 bits per heavy atom. The van der Waals surface area contributed by atoms with Gasteiger partial charge in [-0.05, 0) is 38.3 Å². The van der Waals surface area contributed by atoms with Crippen molar-refractivity contribution < 1.29 is 0 Å². The lowest BCUT2D eigenvalue weighted by Gasteiger charge is -2.01. The maximum absolute atomic E-state index is 4.48. The highest BCUT2D eigenvalue weighted by atomic mass is 14.7. The first-order valence-electron chi connectivity index (χ1n) is 4.91. The van der Waals surface area contributed by atoms with Crippen LogP contribution < -0.4 is 0 Å². The molecule has 0 fully saturated rings. The summed E-state index contributed by atoms with van der Waals surface area (Å²) in [6.07, 6.45) is 14.0. The molecule has 1 nitrogen and oxygen atoms in total. The van der Waals surface area contributed by atoms with Crippen molar-refractivity contribution in [3.63, 3.8) is 0 Å². The number of allylic oxidation sites excluding steroid dienone is 5. The summed E-state index contributed by atoms with van der Waals surface area (Å²) in [6, 6.07) is 0. The molecular weight excluding hydrogens is 158 g/mol. The fourth-order valence-electron chi connectivity index (χ4n) is 1.21. The first-order chi connectivity index (χ1) is 6.33. The summed E-state index contributed by atoms with van der Waals surface area (Å²) in [5.41, 5.74) is 2.18. The Morgan fingerprint density at radius 1 is 1.54 bits per heavy atom. The molecule has 0 aliphatic heterocycles. The van der Waals surface area contributed by atoms with E-state index in [0.29, 0.717) is 0 Å². The van der Waals surface area contributed by atoms with E-state index in [0.717, 1.165) is 30.7 Å². The van der Waals surface area contributed by atoms with E-state index in [9.17, 15) is 0 Å². The lowest BCUT2D eigenvalue weighted by Crippen LogP contribution is -1.88. The molecular formula is C12H17N. The van der Waals surface area contributed by atoms with Gasteiger partial charge in [-0.15, -0.1) is 0 Å². The van der Waals surface area contributed by atoms with E-state index >= 15 is 0 Å². The van der Waals surface area contributed by atoms with Crippen molar-refractivity contribution in [1.29, 1.82) is 0 Å². The van der Waals surface area contributed by atoms with E-state index in [1.165, 1.54) is 0 Å². The summed E-state index contributed by atoms with van der Waals surface area (Å²) < 4.78 is 0. The van der Waals surface area contributed by atoms with Gasteiger partial charge in [0, 0.05) is 5.71 Å². The zero-order valence-electron chi connectivity index (χ0n) is 8.46. The largest absolute Gasteiger partial charge is 0.254 e. The Labute approximate surface area is 80.6 Å². The van der Waals surface area contributed by atoms with Gasteiger partial charge in [-0.2, -0.15) is 0 Å². The normalized spacial score (nSPS) is 18.0. The van der Waals surface area contributed by atoms with E-state index in [4.69, 9.17) is 0 Å². The highest BCUT2D eigenvalue weighted by Crippen LogP contribution is 2.10. The van der Waals surface area contributed by atoms with Crippen molar-refractivity contribution in [2.45, 2.75) is 33.1 Å². The first kappa shape index (κ1) is 9.97. The Hall–Kier alpha value is -1.11. The van der Waals surface area contributed by atoms with Crippen LogP contribution in [0.3, 0.4) is 0 Å². The quantitative estimate of drug-likeness (QED) is 0.581. The Kier molecular flexibility index (Phi) is 4.24. The van der Waals surface area contributed by atoms with Crippen LogP contribution >= 0.6 is 0 Å². The summed E-state index contributed by atoms with van der Waals surface area (Å²) >= 11 is 0. The van der Waals surface area contributed by atoms with Crippen LogP contribution in [0.5, 0.6) is 0 Å². The molecule has 1 rings (SSSR count). The molecule has 1 aliphatic rings. The van der Waals surface area contributed by atoms with Crippen LogP contribution in [0.1, 0.15) is 33.1 Å². The highest BCUT2D eigenvalue weighted by Gasteiger charge is 1.93. The Balaban J connectivity index is 2.58. The molecule has 0 radical (unpaired) electrons. The molecule has 0 amide bonds. The van der Waals surface area contributed by atoms with Gasteiger partial charge in [0.25, 0.3) is 0 Å². The minimum atomic E-state index is 1.07. The van der Waals surface area contributed by atoms with Crippen LogP contribution in [-0.4, -0.2) is 5.71 Å². The van der Waals surface area contributed by atoms with Crippen molar-refractivity contribution in [3.8, 4) is 0 Å². The van der Waals surface area contributed by atoms with E-state index in [1.807, 2.05) is 6.92 Å². The average Bonchev–Trinajstić information content (AvgIpc) is 2.16. The van der Waals surface area contributed by atoms with Crippen molar-refractivity contribution in [2.24, 2.45) is 4.99 Å². The number of hydrogen-bond acceptors (Lipinski definition) is 1. The summed E-state index contributed by atoms with van der Waals surface area (Å²) in [7, 11) is 0. The SMILES string of the molecule is CC/C=C\C(C)=NC1=CCCC=C1. The predicted octanol–water partition coefficient (Wildman–Crippen LogP) is 3.65. The molecule has 13 heavy (non-hydrogen) atoms. The van der Waals surface area contributed by atoms with Gasteiger partial charge in [-0.3, -0.25) is 4.99 Å². The van der Waals surface area contributed by atoms with Gasteiger partial charge in [-0.1, -0.05) is 25.2 Å². The van der Waals surface area contributed by atoms with Crippen LogP contribution in [0.2, 0.25) is 0 Å². The highest BCUT2D eigenvalue weighted by molar-refractivity contribution is 5.93. The molecule has 0 spiro atoms. The van der Waals surface area contributed by atoms with Gasteiger partial charge < -0.3 is 0 Å². The fourth-order valence-corrected chi connectivity index (χ4v) is 1.21. The minimum absolute atomic E-state index is 1.07. The number of rotatable bonds is 3. The van der Waals surface area contributed by atoms with E-state index in [-0.39, 0.29) is 0 Å². The minimum Gasteiger partial charge on any atom is -0.254 e. The molecule has 1 aliphatic carbocycles. The summed E-state index contributed by atoms with van der Waals surface area (Å²) in [4.78, 5) is 4.48. The second-order valence-corrected chi connectivity index (χ2v) is 3.17. The van der Waals surface area contributed by atoms with Gasteiger partial charge in [0.05, 0.1) is 5.70 Å². The van der Waals surface area contributed by atoms with Crippen LogP contribution in [-0.2, 0) is 0 Å². The second-order valence-electron chi connectivity index (χ2n) is 3.17. The lowest BCUT2D eigenvalue weighted by molar-refractivity contribution is 1.01. The van der Waals surface area contributed by atoms with Crippen LogP contribution in [0.25, 0.3) is 0 Å².